The maximum Gasteiger partial charge on any atom is 0.123 e. The minimum Gasteiger partial charge on any atom is -0.207 e. The Balaban J connectivity index is 1.37. The summed E-state index contributed by atoms with van der Waals surface area (Å²) >= 11 is 0. The summed E-state index contributed by atoms with van der Waals surface area (Å²) in [5.41, 5.74) is 3.45. The van der Waals surface area contributed by atoms with E-state index in [1.165, 1.54) is 50.2 Å². The van der Waals surface area contributed by atoms with Gasteiger partial charge in [0.15, 0.2) is 0 Å². The second kappa shape index (κ2) is 9.77. The van der Waals surface area contributed by atoms with E-state index < -0.39 is 0 Å². The quantitative estimate of drug-likeness (QED) is 0.309. The van der Waals surface area contributed by atoms with Gasteiger partial charge in [0, 0.05) is 11.1 Å². The molecule has 0 amide bonds. The molecule has 1 aliphatic carbocycles. The van der Waals surface area contributed by atoms with Crippen molar-refractivity contribution in [1.29, 1.82) is 0 Å². The SMILES string of the molecule is C/C=C/CCC1CCC(c2ccc(C#Cc3ccc4cc(F)ccc4c3)cc2)CC1. The third-order valence-corrected chi connectivity index (χ3v) is 6.36. The van der Waals surface area contributed by atoms with E-state index in [4.69, 9.17) is 0 Å². The Morgan fingerprint density at radius 2 is 1.50 bits per heavy atom. The van der Waals surface area contributed by atoms with E-state index in [1.54, 1.807) is 12.1 Å². The lowest BCUT2D eigenvalue weighted by Crippen LogP contribution is -2.13. The molecule has 0 atom stereocenters. The highest BCUT2D eigenvalue weighted by Gasteiger charge is 2.21. The zero-order valence-corrected chi connectivity index (χ0v) is 17.7. The van der Waals surface area contributed by atoms with E-state index in [-0.39, 0.29) is 5.82 Å². The van der Waals surface area contributed by atoms with Crippen molar-refractivity contribution in [3.8, 4) is 11.8 Å². The van der Waals surface area contributed by atoms with E-state index in [0.717, 1.165) is 27.8 Å². The largest absolute Gasteiger partial charge is 0.207 e. The normalized spacial score (nSPS) is 19.0. The lowest BCUT2D eigenvalue weighted by Gasteiger charge is -2.28. The van der Waals surface area contributed by atoms with Gasteiger partial charge in [0.2, 0.25) is 0 Å². The van der Waals surface area contributed by atoms with Gasteiger partial charge in [-0.05, 0) is 110 Å². The van der Waals surface area contributed by atoms with Gasteiger partial charge >= 0.3 is 0 Å². The van der Waals surface area contributed by atoms with Crippen molar-refractivity contribution in [2.75, 3.05) is 0 Å². The lowest BCUT2D eigenvalue weighted by atomic mass is 9.77. The van der Waals surface area contributed by atoms with Crippen LogP contribution in [0.2, 0.25) is 0 Å². The first-order valence-corrected chi connectivity index (χ1v) is 11.1. The van der Waals surface area contributed by atoms with Gasteiger partial charge < -0.3 is 0 Å². The summed E-state index contributed by atoms with van der Waals surface area (Å²) in [5, 5.41) is 1.92. The molecular formula is C29H29F. The van der Waals surface area contributed by atoms with Gasteiger partial charge in [-0.25, -0.2) is 4.39 Å². The topological polar surface area (TPSA) is 0 Å². The molecule has 0 bridgehead atoms. The summed E-state index contributed by atoms with van der Waals surface area (Å²) in [6, 6.07) is 19.6. The Kier molecular flexibility index (Phi) is 6.65. The van der Waals surface area contributed by atoms with Crippen LogP contribution in [-0.4, -0.2) is 0 Å². The van der Waals surface area contributed by atoms with Crippen molar-refractivity contribution in [3.63, 3.8) is 0 Å². The minimum atomic E-state index is -0.205. The summed E-state index contributed by atoms with van der Waals surface area (Å²) in [7, 11) is 0. The number of fused-ring (bicyclic) bond motifs is 1. The van der Waals surface area contributed by atoms with E-state index in [1.807, 2.05) is 18.2 Å². The molecule has 0 aliphatic heterocycles. The van der Waals surface area contributed by atoms with E-state index in [0.29, 0.717) is 5.92 Å². The highest BCUT2D eigenvalue weighted by molar-refractivity contribution is 5.83. The summed E-state index contributed by atoms with van der Waals surface area (Å²) in [6.07, 6.45) is 12.4. The Hall–Kier alpha value is -2.85. The molecule has 1 saturated carbocycles. The molecule has 1 aliphatic rings. The molecule has 0 unspecified atom stereocenters. The van der Waals surface area contributed by atoms with Crippen molar-refractivity contribution in [2.45, 2.75) is 51.4 Å². The Bertz CT molecular complexity index is 1070. The van der Waals surface area contributed by atoms with Crippen molar-refractivity contribution < 1.29 is 4.39 Å². The summed E-state index contributed by atoms with van der Waals surface area (Å²) in [6.45, 7) is 2.11. The molecule has 152 valence electrons. The second-order valence-corrected chi connectivity index (χ2v) is 8.44. The van der Waals surface area contributed by atoms with Crippen molar-refractivity contribution in [2.24, 2.45) is 5.92 Å². The molecule has 1 fully saturated rings. The monoisotopic (exact) mass is 396 g/mol. The number of benzene rings is 3. The molecule has 4 rings (SSSR count). The Labute approximate surface area is 179 Å². The summed E-state index contributed by atoms with van der Waals surface area (Å²) in [5.74, 6) is 7.92. The van der Waals surface area contributed by atoms with Crippen LogP contribution >= 0.6 is 0 Å². The minimum absolute atomic E-state index is 0.205. The molecule has 0 nitrogen and oxygen atoms in total. The lowest BCUT2D eigenvalue weighted by molar-refractivity contribution is 0.312. The first-order valence-electron chi connectivity index (χ1n) is 11.1. The molecular weight excluding hydrogens is 367 g/mol. The van der Waals surface area contributed by atoms with Gasteiger partial charge in [0.25, 0.3) is 0 Å². The molecule has 30 heavy (non-hydrogen) atoms. The van der Waals surface area contributed by atoms with Crippen LogP contribution in [-0.2, 0) is 0 Å². The standard InChI is InChI=1S/C29H29F/c1-2-3-4-5-22-8-13-25(14-9-22)26-15-10-23(11-16-26)6-7-24-12-17-28-21-29(30)19-18-27(28)20-24/h2-3,10-12,15-22,25H,4-5,8-9,13-14H2,1H3/b3-2+. The number of hydrogen-bond donors (Lipinski definition) is 0. The predicted molar refractivity (Wildman–Crippen MR) is 125 cm³/mol. The molecule has 0 saturated heterocycles. The van der Waals surface area contributed by atoms with Crippen LogP contribution in [0.1, 0.15) is 68.1 Å². The third kappa shape index (κ3) is 5.19. The highest BCUT2D eigenvalue weighted by Crippen LogP contribution is 2.37. The van der Waals surface area contributed by atoms with Gasteiger partial charge in [-0.15, -0.1) is 0 Å². The number of rotatable bonds is 4. The van der Waals surface area contributed by atoms with Crippen molar-refractivity contribution >= 4 is 10.8 Å². The molecule has 0 N–H and O–H groups in total. The van der Waals surface area contributed by atoms with Crippen molar-refractivity contribution in [3.05, 3.63) is 95.3 Å². The highest BCUT2D eigenvalue weighted by atomic mass is 19.1. The third-order valence-electron chi connectivity index (χ3n) is 6.36. The summed E-state index contributed by atoms with van der Waals surface area (Å²) in [4.78, 5) is 0. The van der Waals surface area contributed by atoms with Gasteiger partial charge in [-0.3, -0.25) is 0 Å². The zero-order valence-electron chi connectivity index (χ0n) is 17.7. The fourth-order valence-electron chi connectivity index (χ4n) is 4.56. The molecule has 0 radical (unpaired) electrons. The van der Waals surface area contributed by atoms with Gasteiger partial charge in [-0.1, -0.05) is 48.3 Å². The maximum absolute atomic E-state index is 13.3. The Morgan fingerprint density at radius 1 is 0.833 bits per heavy atom. The van der Waals surface area contributed by atoms with Crippen LogP contribution in [0.5, 0.6) is 0 Å². The molecule has 0 spiro atoms. The van der Waals surface area contributed by atoms with Gasteiger partial charge in [-0.2, -0.15) is 0 Å². The molecule has 1 heteroatoms. The average molecular weight is 397 g/mol. The average Bonchev–Trinajstić information content (AvgIpc) is 2.79. The number of halogens is 1. The van der Waals surface area contributed by atoms with Crippen molar-refractivity contribution in [1.82, 2.24) is 0 Å². The smallest absolute Gasteiger partial charge is 0.123 e. The maximum atomic E-state index is 13.3. The van der Waals surface area contributed by atoms with Crippen LogP contribution in [0.25, 0.3) is 10.8 Å². The molecule has 3 aromatic rings. The predicted octanol–water partition coefficient (Wildman–Crippen LogP) is 8.01. The Morgan fingerprint density at radius 3 is 2.27 bits per heavy atom. The fraction of sp³-hybridized carbons (Fsp3) is 0.310. The second-order valence-electron chi connectivity index (χ2n) is 8.44. The van der Waals surface area contributed by atoms with Crippen LogP contribution < -0.4 is 0 Å². The van der Waals surface area contributed by atoms with Gasteiger partial charge in [0.05, 0.1) is 0 Å². The number of hydrogen-bond acceptors (Lipinski definition) is 0. The van der Waals surface area contributed by atoms with E-state index in [9.17, 15) is 4.39 Å². The zero-order chi connectivity index (χ0) is 20.8. The van der Waals surface area contributed by atoms with Crippen LogP contribution in [0.4, 0.5) is 4.39 Å². The van der Waals surface area contributed by atoms with E-state index >= 15 is 0 Å². The van der Waals surface area contributed by atoms with Crippen LogP contribution in [0, 0.1) is 23.6 Å². The molecule has 0 heterocycles. The van der Waals surface area contributed by atoms with Crippen LogP contribution in [0.15, 0.2) is 72.8 Å². The van der Waals surface area contributed by atoms with E-state index in [2.05, 4.69) is 55.2 Å². The first kappa shape index (κ1) is 20.4. The van der Waals surface area contributed by atoms with Crippen LogP contribution in [0.3, 0.4) is 0 Å². The fourth-order valence-corrected chi connectivity index (χ4v) is 4.56. The summed E-state index contributed by atoms with van der Waals surface area (Å²) < 4.78 is 13.3. The first-order chi connectivity index (χ1) is 14.7. The molecule has 0 aromatic heterocycles. The number of allylic oxidation sites excluding steroid dienone is 2. The van der Waals surface area contributed by atoms with Gasteiger partial charge in [0.1, 0.15) is 5.82 Å². The molecule has 3 aromatic carbocycles.